The average Bonchev–Trinajstić information content (AvgIpc) is 2.38. The zero-order valence-electron chi connectivity index (χ0n) is 11.2. The predicted octanol–water partition coefficient (Wildman–Crippen LogP) is 3.92. The summed E-state index contributed by atoms with van der Waals surface area (Å²) >= 11 is 2.97. The van der Waals surface area contributed by atoms with Gasteiger partial charge in [0.05, 0.1) is 18.7 Å². The van der Waals surface area contributed by atoms with Crippen LogP contribution < -0.4 is 4.74 Å². The molecule has 124 valence electrons. The van der Waals surface area contributed by atoms with Gasteiger partial charge in [0.1, 0.15) is 5.69 Å². The molecule has 0 aromatic carbocycles. The van der Waals surface area contributed by atoms with E-state index in [2.05, 4.69) is 30.4 Å². The number of aromatic nitrogens is 1. The van der Waals surface area contributed by atoms with Crippen LogP contribution in [0, 0.1) is 0 Å². The SMILES string of the molecule is CCOC(=O)Cc1cc(CBr)nc(C(F)F)c1OC(F)(F)F. The van der Waals surface area contributed by atoms with Gasteiger partial charge in [-0.15, -0.1) is 13.2 Å². The number of esters is 1. The quantitative estimate of drug-likeness (QED) is 0.419. The van der Waals surface area contributed by atoms with Gasteiger partial charge in [0.15, 0.2) is 5.75 Å². The maximum absolute atomic E-state index is 12.9. The fourth-order valence-electron chi connectivity index (χ4n) is 1.62. The van der Waals surface area contributed by atoms with Crippen molar-refractivity contribution in [3.8, 4) is 5.75 Å². The third-order valence-electron chi connectivity index (χ3n) is 2.33. The summed E-state index contributed by atoms with van der Waals surface area (Å²) in [6.45, 7) is 1.51. The van der Waals surface area contributed by atoms with E-state index >= 15 is 0 Å². The molecule has 1 rings (SSSR count). The monoisotopic (exact) mass is 391 g/mol. The first-order valence-electron chi connectivity index (χ1n) is 5.96. The zero-order chi connectivity index (χ0) is 16.9. The summed E-state index contributed by atoms with van der Waals surface area (Å²) < 4.78 is 71.4. The maximum atomic E-state index is 12.9. The molecule has 0 aliphatic carbocycles. The molecule has 1 aromatic rings. The molecule has 4 nitrogen and oxygen atoms in total. The molecule has 0 saturated carbocycles. The smallest absolute Gasteiger partial charge is 0.466 e. The van der Waals surface area contributed by atoms with Gasteiger partial charge >= 0.3 is 12.3 Å². The second-order valence-electron chi connectivity index (χ2n) is 3.95. The highest BCUT2D eigenvalue weighted by molar-refractivity contribution is 9.08. The number of carbonyl (C=O) groups excluding carboxylic acids is 1. The van der Waals surface area contributed by atoms with Crippen LogP contribution in [0.5, 0.6) is 5.75 Å². The molecule has 0 amide bonds. The maximum Gasteiger partial charge on any atom is 0.573 e. The van der Waals surface area contributed by atoms with E-state index in [-0.39, 0.29) is 23.2 Å². The molecule has 10 heteroatoms. The zero-order valence-corrected chi connectivity index (χ0v) is 12.8. The number of hydrogen-bond acceptors (Lipinski definition) is 4. The van der Waals surface area contributed by atoms with E-state index in [1.54, 1.807) is 0 Å². The van der Waals surface area contributed by atoms with Gasteiger partial charge < -0.3 is 9.47 Å². The number of rotatable bonds is 6. The molecule has 0 saturated heterocycles. The Morgan fingerprint density at radius 2 is 2.05 bits per heavy atom. The van der Waals surface area contributed by atoms with Crippen molar-refractivity contribution in [1.82, 2.24) is 4.98 Å². The number of hydrogen-bond donors (Lipinski definition) is 0. The fourth-order valence-corrected chi connectivity index (χ4v) is 1.90. The van der Waals surface area contributed by atoms with Crippen LogP contribution in [0.4, 0.5) is 22.0 Å². The third kappa shape index (κ3) is 5.39. The largest absolute Gasteiger partial charge is 0.573 e. The Balaban J connectivity index is 3.35. The molecule has 0 aliphatic heterocycles. The van der Waals surface area contributed by atoms with Crippen molar-refractivity contribution in [3.63, 3.8) is 0 Å². The molecule has 0 spiro atoms. The van der Waals surface area contributed by atoms with Gasteiger partial charge in [-0.05, 0) is 13.0 Å². The highest BCUT2D eigenvalue weighted by atomic mass is 79.9. The topological polar surface area (TPSA) is 48.4 Å². The molecule has 22 heavy (non-hydrogen) atoms. The second kappa shape index (κ2) is 7.70. The lowest BCUT2D eigenvalue weighted by Gasteiger charge is -2.17. The first-order valence-corrected chi connectivity index (χ1v) is 7.08. The van der Waals surface area contributed by atoms with Gasteiger partial charge in [0.25, 0.3) is 6.43 Å². The summed E-state index contributed by atoms with van der Waals surface area (Å²) in [7, 11) is 0. The predicted molar refractivity (Wildman–Crippen MR) is 68.8 cm³/mol. The van der Waals surface area contributed by atoms with Crippen molar-refractivity contribution in [2.45, 2.75) is 31.5 Å². The van der Waals surface area contributed by atoms with E-state index in [9.17, 15) is 26.7 Å². The van der Waals surface area contributed by atoms with Crippen LogP contribution in [-0.2, 0) is 21.3 Å². The molecule has 0 aliphatic rings. The number of halogens is 6. The van der Waals surface area contributed by atoms with Crippen molar-refractivity contribution < 1.29 is 36.2 Å². The number of nitrogens with zero attached hydrogens (tertiary/aromatic N) is 1. The molecule has 0 unspecified atom stereocenters. The Labute approximate surface area is 130 Å². The van der Waals surface area contributed by atoms with E-state index in [4.69, 9.17) is 0 Å². The van der Waals surface area contributed by atoms with Gasteiger partial charge in [0, 0.05) is 10.9 Å². The molecule has 0 fully saturated rings. The number of alkyl halides is 6. The van der Waals surface area contributed by atoms with Crippen molar-refractivity contribution in [3.05, 3.63) is 23.0 Å². The van der Waals surface area contributed by atoms with Crippen molar-refractivity contribution in [2.75, 3.05) is 6.61 Å². The highest BCUT2D eigenvalue weighted by Crippen LogP contribution is 2.36. The molecule has 0 radical (unpaired) electrons. The van der Waals surface area contributed by atoms with Crippen LogP contribution in [0.3, 0.4) is 0 Å². The summed E-state index contributed by atoms with van der Waals surface area (Å²) in [5, 5.41) is 0.0227. The lowest BCUT2D eigenvalue weighted by atomic mass is 10.1. The highest BCUT2D eigenvalue weighted by Gasteiger charge is 2.36. The normalized spacial score (nSPS) is 11.6. The summed E-state index contributed by atoms with van der Waals surface area (Å²) in [5.41, 5.74) is -1.49. The third-order valence-corrected chi connectivity index (χ3v) is 2.91. The van der Waals surface area contributed by atoms with E-state index in [0.717, 1.165) is 6.07 Å². The Morgan fingerprint density at radius 1 is 1.41 bits per heavy atom. The lowest BCUT2D eigenvalue weighted by Crippen LogP contribution is -2.21. The van der Waals surface area contributed by atoms with Crippen LogP contribution in [0.25, 0.3) is 0 Å². The van der Waals surface area contributed by atoms with E-state index in [0.29, 0.717) is 0 Å². The summed E-state index contributed by atoms with van der Waals surface area (Å²) in [5.74, 6) is -2.03. The minimum Gasteiger partial charge on any atom is -0.466 e. The average molecular weight is 392 g/mol. The van der Waals surface area contributed by atoms with Crippen LogP contribution >= 0.6 is 15.9 Å². The number of carbonyl (C=O) groups is 1. The van der Waals surface area contributed by atoms with Gasteiger partial charge in [-0.1, -0.05) is 15.9 Å². The minimum absolute atomic E-state index is 0.00633. The molecule has 0 atom stereocenters. The summed E-state index contributed by atoms with van der Waals surface area (Å²) in [6, 6.07) is 1.08. The molecular formula is C12H11BrF5NO3. The van der Waals surface area contributed by atoms with Crippen molar-refractivity contribution >= 4 is 21.9 Å². The summed E-state index contributed by atoms with van der Waals surface area (Å²) in [6.07, 6.45) is -9.12. The standard InChI is InChI=1S/C12H11BrF5NO3/c1-2-21-8(20)4-6-3-7(5-13)19-9(11(14)15)10(6)22-12(16,17)18/h3,11H,2,4-5H2,1H3. The fraction of sp³-hybridized carbons (Fsp3) is 0.500. The van der Waals surface area contributed by atoms with Gasteiger partial charge in [-0.25, -0.2) is 13.8 Å². The molecular weight excluding hydrogens is 381 g/mol. The molecule has 1 heterocycles. The second-order valence-corrected chi connectivity index (χ2v) is 4.51. The van der Waals surface area contributed by atoms with Gasteiger partial charge in [-0.2, -0.15) is 0 Å². The Kier molecular flexibility index (Phi) is 6.51. The van der Waals surface area contributed by atoms with Crippen LogP contribution in [-0.4, -0.2) is 23.9 Å². The van der Waals surface area contributed by atoms with E-state index in [1.807, 2.05) is 0 Å². The summed E-state index contributed by atoms with van der Waals surface area (Å²) in [4.78, 5) is 14.8. The van der Waals surface area contributed by atoms with E-state index < -0.39 is 36.6 Å². The lowest BCUT2D eigenvalue weighted by molar-refractivity contribution is -0.275. The van der Waals surface area contributed by atoms with Crippen LogP contribution in [0.15, 0.2) is 6.07 Å². The number of pyridine rings is 1. The van der Waals surface area contributed by atoms with Gasteiger partial charge in [0.2, 0.25) is 0 Å². The molecule has 1 aromatic heterocycles. The molecule has 0 bridgehead atoms. The van der Waals surface area contributed by atoms with Crippen molar-refractivity contribution in [2.24, 2.45) is 0 Å². The number of ether oxygens (including phenoxy) is 2. The first kappa shape index (κ1) is 18.6. The molecule has 0 N–H and O–H groups in total. The Hall–Kier alpha value is -1.45. The van der Waals surface area contributed by atoms with Crippen molar-refractivity contribution in [1.29, 1.82) is 0 Å². The van der Waals surface area contributed by atoms with Gasteiger partial charge in [-0.3, -0.25) is 4.79 Å². The Bertz CT molecular complexity index is 536. The van der Waals surface area contributed by atoms with Crippen LogP contribution in [0.2, 0.25) is 0 Å². The van der Waals surface area contributed by atoms with E-state index in [1.165, 1.54) is 6.92 Å². The van der Waals surface area contributed by atoms with Crippen LogP contribution in [0.1, 0.15) is 30.3 Å². The Morgan fingerprint density at radius 3 is 2.50 bits per heavy atom. The minimum atomic E-state index is -5.19. The first-order chi connectivity index (χ1) is 10.2.